The predicted octanol–water partition coefficient (Wildman–Crippen LogP) is 1.74. The molecule has 0 saturated heterocycles. The van der Waals surface area contributed by atoms with Crippen molar-refractivity contribution >= 4 is 0 Å². The van der Waals surface area contributed by atoms with Gasteiger partial charge < -0.3 is 4.84 Å². The Bertz CT molecular complexity index is 346. The van der Waals surface area contributed by atoms with Gasteiger partial charge in [0.15, 0.2) is 0 Å². The maximum atomic E-state index is 13.2. The number of halogens is 1. The largest absolute Gasteiger partial charge is 0.302 e. The van der Waals surface area contributed by atoms with Gasteiger partial charge in [0, 0.05) is 12.1 Å². The first-order valence-electron chi connectivity index (χ1n) is 4.31. The molecule has 0 aliphatic rings. The lowest BCUT2D eigenvalue weighted by Crippen LogP contribution is -2.14. The number of benzene rings is 1. The van der Waals surface area contributed by atoms with Gasteiger partial charge in [0.05, 0.1) is 18.2 Å². The van der Waals surface area contributed by atoms with Gasteiger partial charge in [0.2, 0.25) is 0 Å². The highest BCUT2D eigenvalue weighted by Gasteiger charge is 2.02. The van der Waals surface area contributed by atoms with E-state index >= 15 is 0 Å². The maximum absolute atomic E-state index is 13.2. The van der Waals surface area contributed by atoms with Gasteiger partial charge in [-0.15, -0.1) is 0 Å². The van der Waals surface area contributed by atoms with E-state index in [9.17, 15) is 4.39 Å². The van der Waals surface area contributed by atoms with Crippen LogP contribution in [0, 0.1) is 17.1 Å². The van der Waals surface area contributed by atoms with Gasteiger partial charge in [-0.2, -0.15) is 10.7 Å². The molecule has 1 N–H and O–H groups in total. The smallest absolute Gasteiger partial charge is 0.129 e. The van der Waals surface area contributed by atoms with Crippen LogP contribution in [0.2, 0.25) is 0 Å². The van der Waals surface area contributed by atoms with Crippen molar-refractivity contribution in [2.24, 2.45) is 0 Å². The Morgan fingerprint density at radius 3 is 2.93 bits per heavy atom. The highest BCUT2D eigenvalue weighted by atomic mass is 19.1. The van der Waals surface area contributed by atoms with Crippen LogP contribution in [0.4, 0.5) is 4.39 Å². The SMILES string of the molecule is CCONCc1ccc(C#N)cc1F. The van der Waals surface area contributed by atoms with E-state index in [2.05, 4.69) is 5.48 Å². The summed E-state index contributed by atoms with van der Waals surface area (Å²) in [6, 6.07) is 6.23. The molecule has 0 aliphatic heterocycles. The second kappa shape index (κ2) is 5.32. The van der Waals surface area contributed by atoms with E-state index in [1.54, 1.807) is 12.1 Å². The van der Waals surface area contributed by atoms with Crippen LogP contribution in [0.3, 0.4) is 0 Å². The quantitative estimate of drug-likeness (QED) is 0.586. The third-order valence-electron chi connectivity index (χ3n) is 1.69. The summed E-state index contributed by atoms with van der Waals surface area (Å²) in [6.07, 6.45) is 0. The molecule has 0 atom stereocenters. The van der Waals surface area contributed by atoms with E-state index < -0.39 is 5.82 Å². The number of nitrogens with one attached hydrogen (secondary N) is 1. The van der Waals surface area contributed by atoms with Crippen LogP contribution in [0.25, 0.3) is 0 Å². The van der Waals surface area contributed by atoms with E-state index in [1.165, 1.54) is 6.07 Å². The number of nitrogens with zero attached hydrogens (tertiary/aromatic N) is 1. The van der Waals surface area contributed by atoms with Crippen molar-refractivity contribution in [3.63, 3.8) is 0 Å². The van der Waals surface area contributed by atoms with Crippen LogP contribution < -0.4 is 5.48 Å². The van der Waals surface area contributed by atoms with Gasteiger partial charge in [-0.1, -0.05) is 6.07 Å². The molecule has 3 nitrogen and oxygen atoms in total. The topological polar surface area (TPSA) is 45.0 Å². The van der Waals surface area contributed by atoms with Crippen LogP contribution in [-0.2, 0) is 11.4 Å². The molecule has 0 unspecified atom stereocenters. The van der Waals surface area contributed by atoms with Gasteiger partial charge in [-0.3, -0.25) is 0 Å². The molecule has 0 bridgehead atoms. The zero-order chi connectivity index (χ0) is 10.4. The van der Waals surface area contributed by atoms with Crippen LogP contribution in [0.5, 0.6) is 0 Å². The predicted molar refractivity (Wildman–Crippen MR) is 49.6 cm³/mol. The maximum Gasteiger partial charge on any atom is 0.129 e. The molecule has 0 fully saturated rings. The third-order valence-corrected chi connectivity index (χ3v) is 1.69. The Kier molecular flexibility index (Phi) is 4.05. The molecule has 0 amide bonds. The minimum Gasteiger partial charge on any atom is -0.302 e. The van der Waals surface area contributed by atoms with Crippen molar-refractivity contribution in [3.8, 4) is 6.07 Å². The lowest BCUT2D eigenvalue weighted by atomic mass is 10.1. The summed E-state index contributed by atoms with van der Waals surface area (Å²) < 4.78 is 13.2. The van der Waals surface area contributed by atoms with Crippen molar-refractivity contribution in [2.45, 2.75) is 13.5 Å². The fraction of sp³-hybridized carbons (Fsp3) is 0.300. The van der Waals surface area contributed by atoms with Gasteiger partial charge >= 0.3 is 0 Å². The van der Waals surface area contributed by atoms with Crippen molar-refractivity contribution in [1.29, 1.82) is 5.26 Å². The molecule has 1 aromatic rings. The second-order valence-corrected chi connectivity index (χ2v) is 2.67. The summed E-state index contributed by atoms with van der Waals surface area (Å²) in [5.41, 5.74) is 3.41. The molecular weight excluding hydrogens is 183 g/mol. The fourth-order valence-electron chi connectivity index (χ4n) is 0.991. The molecule has 4 heteroatoms. The summed E-state index contributed by atoms with van der Waals surface area (Å²) in [4.78, 5) is 4.87. The molecule has 0 radical (unpaired) electrons. The first-order valence-corrected chi connectivity index (χ1v) is 4.31. The molecular formula is C10H11FN2O. The minimum atomic E-state index is -0.392. The molecule has 0 saturated carbocycles. The third kappa shape index (κ3) is 2.80. The molecule has 0 heterocycles. The summed E-state index contributed by atoms with van der Waals surface area (Å²) in [5, 5.41) is 8.51. The van der Waals surface area contributed by atoms with Crippen molar-refractivity contribution in [1.82, 2.24) is 5.48 Å². The molecule has 1 rings (SSSR count). The van der Waals surface area contributed by atoms with Crippen LogP contribution in [0.15, 0.2) is 18.2 Å². The van der Waals surface area contributed by atoms with E-state index in [-0.39, 0.29) is 0 Å². The molecule has 14 heavy (non-hydrogen) atoms. The molecule has 0 aromatic heterocycles. The number of hydroxylamine groups is 1. The van der Waals surface area contributed by atoms with Crippen LogP contribution >= 0.6 is 0 Å². The summed E-state index contributed by atoms with van der Waals surface area (Å²) in [5.74, 6) is -0.392. The molecule has 74 valence electrons. The molecule has 1 aromatic carbocycles. The first-order chi connectivity index (χ1) is 6.77. The highest BCUT2D eigenvalue weighted by Crippen LogP contribution is 2.09. The average molecular weight is 194 g/mol. The zero-order valence-corrected chi connectivity index (χ0v) is 7.88. The summed E-state index contributed by atoms with van der Waals surface area (Å²) in [6.45, 7) is 2.66. The van der Waals surface area contributed by atoms with E-state index in [4.69, 9.17) is 10.1 Å². The highest BCUT2D eigenvalue weighted by molar-refractivity contribution is 5.32. The molecule has 0 aliphatic carbocycles. The minimum absolute atomic E-state index is 0.297. The Labute approximate surface area is 82.1 Å². The number of hydrogen-bond acceptors (Lipinski definition) is 3. The fourth-order valence-corrected chi connectivity index (χ4v) is 0.991. The van der Waals surface area contributed by atoms with E-state index in [0.29, 0.717) is 24.3 Å². The lowest BCUT2D eigenvalue weighted by Gasteiger charge is -2.04. The van der Waals surface area contributed by atoms with Crippen LogP contribution in [0.1, 0.15) is 18.1 Å². The van der Waals surface area contributed by atoms with Crippen molar-refractivity contribution in [3.05, 3.63) is 35.1 Å². The van der Waals surface area contributed by atoms with Crippen molar-refractivity contribution < 1.29 is 9.23 Å². The molecule has 0 spiro atoms. The van der Waals surface area contributed by atoms with Crippen molar-refractivity contribution in [2.75, 3.05) is 6.61 Å². The van der Waals surface area contributed by atoms with Gasteiger partial charge in [-0.25, -0.2) is 4.39 Å². The number of rotatable bonds is 4. The van der Waals surface area contributed by atoms with E-state index in [1.807, 2.05) is 13.0 Å². The van der Waals surface area contributed by atoms with Crippen LogP contribution in [-0.4, -0.2) is 6.61 Å². The Morgan fingerprint density at radius 1 is 1.57 bits per heavy atom. The first kappa shape index (κ1) is 10.6. The summed E-state index contributed by atoms with van der Waals surface area (Å²) in [7, 11) is 0. The Morgan fingerprint density at radius 2 is 2.36 bits per heavy atom. The number of nitriles is 1. The average Bonchev–Trinajstić information content (AvgIpc) is 2.20. The number of hydrogen-bond donors (Lipinski definition) is 1. The Hall–Kier alpha value is -1.44. The Balaban J connectivity index is 2.65. The standard InChI is InChI=1S/C10H11FN2O/c1-2-14-13-7-9-4-3-8(6-12)5-10(9)11/h3-5,13H,2,7H2,1H3. The van der Waals surface area contributed by atoms with E-state index in [0.717, 1.165) is 0 Å². The van der Waals surface area contributed by atoms with Gasteiger partial charge in [-0.05, 0) is 19.1 Å². The summed E-state index contributed by atoms with van der Waals surface area (Å²) >= 11 is 0. The second-order valence-electron chi connectivity index (χ2n) is 2.67. The van der Waals surface area contributed by atoms with Gasteiger partial charge in [0.1, 0.15) is 5.82 Å². The lowest BCUT2D eigenvalue weighted by molar-refractivity contribution is 0.0457. The van der Waals surface area contributed by atoms with Gasteiger partial charge in [0.25, 0.3) is 0 Å². The monoisotopic (exact) mass is 194 g/mol. The zero-order valence-electron chi connectivity index (χ0n) is 7.88. The normalized spacial score (nSPS) is 9.79.